The van der Waals surface area contributed by atoms with Crippen LogP contribution in [-0.2, 0) is 4.79 Å². The van der Waals surface area contributed by atoms with Gasteiger partial charge in [-0.05, 0) is 37.0 Å². The molecule has 1 atom stereocenters. The second kappa shape index (κ2) is 6.53. The predicted molar refractivity (Wildman–Crippen MR) is 98.8 cm³/mol. The van der Waals surface area contributed by atoms with Crippen molar-refractivity contribution in [3.8, 4) is 17.6 Å². The highest BCUT2D eigenvalue weighted by molar-refractivity contribution is 6.00. The van der Waals surface area contributed by atoms with Gasteiger partial charge < -0.3 is 14.8 Å². The van der Waals surface area contributed by atoms with Gasteiger partial charge in [-0.3, -0.25) is 4.79 Å². The summed E-state index contributed by atoms with van der Waals surface area (Å²) in [5, 5.41) is 13.1. The van der Waals surface area contributed by atoms with Gasteiger partial charge in [0.25, 0.3) is 0 Å². The Morgan fingerprint density at radius 2 is 1.96 bits per heavy atom. The molecule has 3 rings (SSSR count). The lowest BCUT2D eigenvalue weighted by Gasteiger charge is -2.39. The van der Waals surface area contributed by atoms with Gasteiger partial charge in [0.15, 0.2) is 5.78 Å². The molecule has 1 aromatic carbocycles. The highest BCUT2D eigenvalue weighted by Crippen LogP contribution is 2.48. The van der Waals surface area contributed by atoms with Crippen LogP contribution in [-0.4, -0.2) is 20.0 Å². The van der Waals surface area contributed by atoms with Crippen LogP contribution >= 0.6 is 0 Å². The first-order chi connectivity index (χ1) is 12.3. The Labute approximate surface area is 154 Å². The molecule has 0 fully saturated rings. The van der Waals surface area contributed by atoms with E-state index in [0.29, 0.717) is 29.1 Å². The highest BCUT2D eigenvalue weighted by Gasteiger charge is 2.42. The number of nitrogens with zero attached hydrogens (tertiary/aromatic N) is 1. The molecule has 1 heterocycles. The number of dihydropyridines is 1. The van der Waals surface area contributed by atoms with Gasteiger partial charge >= 0.3 is 0 Å². The fraction of sp³-hybridized carbons (Fsp3) is 0.429. The molecular formula is C21H24N2O3. The minimum absolute atomic E-state index is 0.0823. The van der Waals surface area contributed by atoms with Gasteiger partial charge in [-0.25, -0.2) is 0 Å². The smallest absolute Gasteiger partial charge is 0.162 e. The van der Waals surface area contributed by atoms with E-state index < -0.39 is 5.92 Å². The monoisotopic (exact) mass is 352 g/mol. The topological polar surface area (TPSA) is 71.3 Å². The molecule has 26 heavy (non-hydrogen) atoms. The van der Waals surface area contributed by atoms with Gasteiger partial charge in [0.05, 0.1) is 31.8 Å². The SMILES string of the molecule is COc1ccc(OC)c(C2C(C#N)=C(C)NC3=C2C(=O)CC(C)(C)C3)c1. The first kappa shape index (κ1) is 18.1. The minimum atomic E-state index is -0.440. The highest BCUT2D eigenvalue weighted by atomic mass is 16.5. The third-order valence-corrected chi connectivity index (χ3v) is 5.11. The molecule has 136 valence electrons. The number of methoxy groups -OCH3 is 2. The average molecular weight is 352 g/mol. The van der Waals surface area contributed by atoms with E-state index in [1.54, 1.807) is 14.2 Å². The van der Waals surface area contributed by atoms with Crippen molar-refractivity contribution in [2.24, 2.45) is 5.41 Å². The molecule has 0 radical (unpaired) electrons. The first-order valence-electron chi connectivity index (χ1n) is 8.67. The maximum absolute atomic E-state index is 13.0. The normalized spacial score (nSPS) is 21.7. The summed E-state index contributed by atoms with van der Waals surface area (Å²) >= 11 is 0. The molecule has 5 heteroatoms. The molecule has 1 aromatic rings. The number of benzene rings is 1. The Hall–Kier alpha value is -2.74. The zero-order valence-corrected chi connectivity index (χ0v) is 15.9. The Kier molecular flexibility index (Phi) is 4.53. The molecule has 5 nitrogen and oxygen atoms in total. The van der Waals surface area contributed by atoms with Crippen LogP contribution in [0.1, 0.15) is 45.1 Å². The number of hydrogen-bond donors (Lipinski definition) is 1. The molecular weight excluding hydrogens is 328 g/mol. The average Bonchev–Trinajstić information content (AvgIpc) is 2.58. The van der Waals surface area contributed by atoms with Crippen molar-refractivity contribution in [2.45, 2.75) is 39.5 Å². The molecule has 0 spiro atoms. The summed E-state index contributed by atoms with van der Waals surface area (Å²) in [7, 11) is 3.19. The fourth-order valence-electron chi connectivity index (χ4n) is 3.96. The van der Waals surface area contributed by atoms with Crippen molar-refractivity contribution < 1.29 is 14.3 Å². The van der Waals surface area contributed by atoms with Crippen molar-refractivity contribution in [1.82, 2.24) is 5.32 Å². The van der Waals surface area contributed by atoms with E-state index >= 15 is 0 Å². The molecule has 0 saturated heterocycles. The number of Topliss-reactive ketones (excluding diaryl/α,β-unsaturated/α-hetero) is 1. The molecule has 1 unspecified atom stereocenters. The zero-order valence-electron chi connectivity index (χ0n) is 15.9. The number of ether oxygens (including phenoxy) is 2. The van der Waals surface area contributed by atoms with Crippen molar-refractivity contribution in [1.29, 1.82) is 5.26 Å². The van der Waals surface area contributed by atoms with Crippen molar-refractivity contribution in [3.63, 3.8) is 0 Å². The van der Waals surface area contributed by atoms with Gasteiger partial charge in [-0.2, -0.15) is 5.26 Å². The summed E-state index contributed by atoms with van der Waals surface area (Å²) in [6.07, 6.45) is 1.24. The first-order valence-corrected chi connectivity index (χ1v) is 8.67. The number of allylic oxidation sites excluding steroid dienone is 4. The minimum Gasteiger partial charge on any atom is -0.497 e. The predicted octanol–water partition coefficient (Wildman–Crippen LogP) is 3.83. The quantitative estimate of drug-likeness (QED) is 0.895. The maximum Gasteiger partial charge on any atom is 0.162 e. The lowest BCUT2D eigenvalue weighted by atomic mass is 9.68. The number of nitriles is 1. The Balaban J connectivity index is 2.25. The van der Waals surface area contributed by atoms with Gasteiger partial charge in [0, 0.05) is 29.0 Å². The third kappa shape index (κ3) is 2.96. The van der Waals surface area contributed by atoms with Crippen LogP contribution < -0.4 is 14.8 Å². The molecule has 1 aliphatic carbocycles. The number of carbonyl (C=O) groups excluding carboxylic acids is 1. The summed E-state index contributed by atoms with van der Waals surface area (Å²) in [4.78, 5) is 13.0. The number of carbonyl (C=O) groups is 1. The molecule has 1 N–H and O–H groups in total. The van der Waals surface area contributed by atoms with Gasteiger partial charge in [-0.15, -0.1) is 0 Å². The van der Waals surface area contributed by atoms with Gasteiger partial charge in [0.2, 0.25) is 0 Å². The van der Waals surface area contributed by atoms with E-state index in [0.717, 1.165) is 23.4 Å². The second-order valence-electron chi connectivity index (χ2n) is 7.65. The van der Waals surface area contributed by atoms with Crippen molar-refractivity contribution in [2.75, 3.05) is 14.2 Å². The van der Waals surface area contributed by atoms with Crippen molar-refractivity contribution >= 4 is 5.78 Å². The fourth-order valence-corrected chi connectivity index (χ4v) is 3.96. The van der Waals surface area contributed by atoms with Crippen molar-refractivity contribution in [3.05, 3.63) is 46.3 Å². The molecule has 2 aliphatic rings. The van der Waals surface area contributed by atoms with E-state index in [9.17, 15) is 10.1 Å². The summed E-state index contributed by atoms with van der Waals surface area (Å²) in [6, 6.07) is 7.79. The molecule has 0 bridgehead atoms. The van der Waals surface area contributed by atoms with Crippen LogP contribution in [0.3, 0.4) is 0 Å². The summed E-state index contributed by atoms with van der Waals surface area (Å²) in [5.41, 5.74) is 3.60. The molecule has 1 aliphatic heterocycles. The number of hydrogen-bond acceptors (Lipinski definition) is 5. The number of nitrogens with one attached hydrogen (secondary N) is 1. The maximum atomic E-state index is 13.0. The van der Waals surface area contributed by atoms with E-state index in [-0.39, 0.29) is 11.2 Å². The molecule has 0 amide bonds. The lowest BCUT2D eigenvalue weighted by Crippen LogP contribution is -2.37. The van der Waals surface area contributed by atoms with E-state index in [1.807, 2.05) is 25.1 Å². The number of ketones is 1. The van der Waals surface area contributed by atoms with E-state index in [2.05, 4.69) is 25.2 Å². The van der Waals surface area contributed by atoms with Crippen LogP contribution in [0.15, 0.2) is 40.7 Å². The standard InChI is InChI=1S/C21H24N2O3/c1-12-15(11-22)19(14-8-13(25-4)6-7-18(14)26-5)20-16(23-12)9-21(2,3)10-17(20)24/h6-8,19,23H,9-10H2,1-5H3. The lowest BCUT2D eigenvalue weighted by molar-refractivity contribution is -0.118. The van der Waals surface area contributed by atoms with E-state index in [1.165, 1.54) is 0 Å². The van der Waals surface area contributed by atoms with Crippen LogP contribution in [0.4, 0.5) is 0 Å². The van der Waals surface area contributed by atoms with Crippen LogP contribution in [0.25, 0.3) is 0 Å². The Bertz CT molecular complexity index is 872. The molecule has 0 saturated carbocycles. The van der Waals surface area contributed by atoms with Crippen LogP contribution in [0, 0.1) is 16.7 Å². The van der Waals surface area contributed by atoms with E-state index in [4.69, 9.17) is 9.47 Å². The molecule has 0 aromatic heterocycles. The number of rotatable bonds is 3. The largest absolute Gasteiger partial charge is 0.497 e. The second-order valence-corrected chi connectivity index (χ2v) is 7.65. The zero-order chi connectivity index (χ0) is 19.1. The van der Waals surface area contributed by atoms with Gasteiger partial charge in [0.1, 0.15) is 11.5 Å². The summed E-state index contributed by atoms with van der Waals surface area (Å²) < 4.78 is 10.9. The van der Waals surface area contributed by atoms with Gasteiger partial charge in [-0.1, -0.05) is 13.8 Å². The summed E-state index contributed by atoms with van der Waals surface area (Å²) in [6.45, 7) is 6.07. The Morgan fingerprint density at radius 1 is 1.23 bits per heavy atom. The van der Waals surface area contributed by atoms with Crippen LogP contribution in [0.5, 0.6) is 11.5 Å². The Morgan fingerprint density at radius 3 is 2.58 bits per heavy atom. The third-order valence-electron chi connectivity index (χ3n) is 5.11. The summed E-state index contributed by atoms with van der Waals surface area (Å²) in [5.74, 6) is 0.950. The van der Waals surface area contributed by atoms with Crippen LogP contribution in [0.2, 0.25) is 0 Å².